The van der Waals surface area contributed by atoms with Crippen molar-refractivity contribution in [2.75, 3.05) is 0 Å². The van der Waals surface area contributed by atoms with Crippen LogP contribution in [0, 0.1) is 5.92 Å². The van der Waals surface area contributed by atoms with Gasteiger partial charge in [-0.05, 0) is 118 Å². The fourth-order valence-corrected chi connectivity index (χ4v) is 6.79. The molecule has 0 N–H and O–H groups in total. The minimum atomic E-state index is -4.72. The molecule has 0 bridgehead atoms. The highest BCUT2D eigenvalue weighted by atomic mass is 19.4. The third-order valence-electron chi connectivity index (χ3n) is 9.03. The molecule has 1 aliphatic carbocycles. The van der Waals surface area contributed by atoms with Crippen LogP contribution in [-0.2, 0) is 12.8 Å². The third kappa shape index (κ3) is 7.13. The Labute approximate surface area is 252 Å². The number of ether oxygens (including phenoxy) is 1. The van der Waals surface area contributed by atoms with E-state index in [1.54, 1.807) is 6.07 Å². The monoisotopic (exact) mass is 578 g/mol. The highest BCUT2D eigenvalue weighted by Crippen LogP contribution is 2.41. The second-order valence-electron chi connectivity index (χ2n) is 11.9. The van der Waals surface area contributed by atoms with Crippen molar-refractivity contribution in [3.63, 3.8) is 0 Å². The van der Waals surface area contributed by atoms with Gasteiger partial charge in [0, 0.05) is 0 Å². The van der Waals surface area contributed by atoms with E-state index in [0.29, 0.717) is 11.3 Å². The molecule has 0 aromatic heterocycles. The Bertz CT molecular complexity index is 1600. The number of rotatable bonds is 8. The maximum Gasteiger partial charge on any atom is 0.573 e. The zero-order chi connectivity index (χ0) is 29.8. The van der Waals surface area contributed by atoms with Gasteiger partial charge in [-0.3, -0.25) is 0 Å². The van der Waals surface area contributed by atoms with E-state index in [0.717, 1.165) is 29.7 Å². The first-order valence-corrected chi connectivity index (χ1v) is 15.4. The summed E-state index contributed by atoms with van der Waals surface area (Å²) in [4.78, 5) is 0. The van der Waals surface area contributed by atoms with Gasteiger partial charge in [-0.25, -0.2) is 0 Å². The Balaban J connectivity index is 1.48. The number of hydrogen-bond donors (Lipinski definition) is 0. The van der Waals surface area contributed by atoms with Crippen LogP contribution in [0.4, 0.5) is 13.2 Å². The van der Waals surface area contributed by atoms with E-state index in [9.17, 15) is 13.2 Å². The average molecular weight is 579 g/mol. The van der Waals surface area contributed by atoms with E-state index < -0.39 is 6.36 Å². The first kappa shape index (κ1) is 29.0. The van der Waals surface area contributed by atoms with Crippen molar-refractivity contribution in [2.24, 2.45) is 5.92 Å². The van der Waals surface area contributed by atoms with E-state index >= 15 is 0 Å². The highest BCUT2D eigenvalue weighted by Gasteiger charge is 2.31. The van der Waals surface area contributed by atoms with Crippen molar-refractivity contribution in [3.8, 4) is 16.9 Å². The smallest absolute Gasteiger partial charge is 0.406 e. The Morgan fingerprint density at radius 3 is 1.77 bits per heavy atom. The van der Waals surface area contributed by atoms with Crippen LogP contribution in [0.25, 0.3) is 21.9 Å². The molecule has 43 heavy (non-hydrogen) atoms. The summed E-state index contributed by atoms with van der Waals surface area (Å²) in [5.74, 6) is 1.19. The molecule has 5 aromatic rings. The average Bonchev–Trinajstić information content (AvgIpc) is 3.01. The summed E-state index contributed by atoms with van der Waals surface area (Å²) < 4.78 is 42.7. The van der Waals surface area contributed by atoms with Crippen LogP contribution in [-0.4, -0.2) is 6.36 Å². The minimum Gasteiger partial charge on any atom is -0.406 e. The predicted octanol–water partition coefficient (Wildman–Crippen LogP) is 11.3. The Hall–Kier alpha value is -4.05. The van der Waals surface area contributed by atoms with Crippen molar-refractivity contribution >= 4 is 10.8 Å². The molecule has 0 radical (unpaired) electrons. The molecule has 1 saturated carbocycles. The molecule has 1 aliphatic rings. The van der Waals surface area contributed by atoms with Gasteiger partial charge in [-0.2, -0.15) is 0 Å². The van der Waals surface area contributed by atoms with E-state index in [1.165, 1.54) is 77.6 Å². The molecule has 5 aromatic carbocycles. The summed E-state index contributed by atoms with van der Waals surface area (Å²) in [5.41, 5.74) is 8.84. The quantitative estimate of drug-likeness (QED) is 0.178. The second-order valence-corrected chi connectivity index (χ2v) is 11.9. The summed E-state index contributed by atoms with van der Waals surface area (Å²) >= 11 is 0. The van der Waals surface area contributed by atoms with Crippen LogP contribution in [0.15, 0.2) is 109 Å². The largest absolute Gasteiger partial charge is 0.573 e. The van der Waals surface area contributed by atoms with Gasteiger partial charge in [0.25, 0.3) is 0 Å². The maximum absolute atomic E-state index is 12.9. The summed E-state index contributed by atoms with van der Waals surface area (Å²) in [6.45, 7) is 2.31. The van der Waals surface area contributed by atoms with Crippen molar-refractivity contribution in [1.29, 1.82) is 0 Å². The van der Waals surface area contributed by atoms with Crippen LogP contribution in [0.2, 0.25) is 0 Å². The van der Waals surface area contributed by atoms with Crippen LogP contribution in [0.3, 0.4) is 0 Å². The van der Waals surface area contributed by atoms with E-state index in [1.807, 2.05) is 24.3 Å². The number of halogens is 3. The normalized spacial score (nSPS) is 17.2. The summed E-state index contributed by atoms with van der Waals surface area (Å²) in [5, 5.41) is 1.59. The van der Waals surface area contributed by atoms with E-state index in [4.69, 9.17) is 0 Å². The van der Waals surface area contributed by atoms with Crippen molar-refractivity contribution in [2.45, 2.75) is 64.1 Å². The summed E-state index contributed by atoms with van der Waals surface area (Å²) in [6.07, 6.45) is 3.20. The van der Waals surface area contributed by atoms with Crippen LogP contribution in [0.5, 0.6) is 5.75 Å². The Morgan fingerprint density at radius 2 is 1.21 bits per heavy atom. The van der Waals surface area contributed by atoms with Gasteiger partial charge in [0.05, 0.1) is 0 Å². The van der Waals surface area contributed by atoms with Crippen LogP contribution in [0.1, 0.15) is 72.8 Å². The number of hydrogen-bond acceptors (Lipinski definition) is 1. The van der Waals surface area contributed by atoms with Gasteiger partial charge in [0.15, 0.2) is 0 Å². The van der Waals surface area contributed by atoms with E-state index in [2.05, 4.69) is 78.4 Å². The fraction of sp³-hybridized carbons (Fsp3) is 0.282. The molecule has 0 atom stereocenters. The van der Waals surface area contributed by atoms with Crippen LogP contribution < -0.4 is 4.74 Å². The first-order chi connectivity index (χ1) is 20.8. The lowest BCUT2D eigenvalue weighted by Gasteiger charge is -2.29. The molecule has 0 saturated heterocycles. The summed E-state index contributed by atoms with van der Waals surface area (Å²) in [6, 6.07) is 36.7. The Kier molecular flexibility index (Phi) is 8.56. The lowest BCUT2D eigenvalue weighted by atomic mass is 9.76. The molecule has 220 valence electrons. The molecular weight excluding hydrogens is 541 g/mol. The van der Waals surface area contributed by atoms with Crippen molar-refractivity contribution < 1.29 is 17.9 Å². The molecule has 6 rings (SSSR count). The molecule has 1 nitrogen and oxygen atoms in total. The molecule has 1 fully saturated rings. The molecule has 0 unspecified atom stereocenters. The predicted molar refractivity (Wildman–Crippen MR) is 170 cm³/mol. The van der Waals surface area contributed by atoms with Gasteiger partial charge in [0.2, 0.25) is 0 Å². The third-order valence-corrected chi connectivity index (χ3v) is 9.03. The van der Waals surface area contributed by atoms with Crippen molar-refractivity contribution in [1.82, 2.24) is 0 Å². The highest BCUT2D eigenvalue weighted by molar-refractivity contribution is 5.89. The maximum atomic E-state index is 12.9. The topological polar surface area (TPSA) is 9.23 Å². The summed E-state index contributed by atoms with van der Waals surface area (Å²) in [7, 11) is 0. The number of alkyl halides is 3. The van der Waals surface area contributed by atoms with Crippen molar-refractivity contribution in [3.05, 3.63) is 137 Å². The first-order valence-electron chi connectivity index (χ1n) is 15.4. The van der Waals surface area contributed by atoms with Gasteiger partial charge in [-0.1, -0.05) is 104 Å². The SMILES string of the molecule is CCC1CCC(c2cc(Cc3ccccc3)c(-c3ccc4cc(OC(F)(F)F)ccc4c3)c(Cc3ccccc3)c2)CC1. The molecule has 0 heterocycles. The van der Waals surface area contributed by atoms with Gasteiger partial charge >= 0.3 is 6.36 Å². The number of fused-ring (bicyclic) bond motifs is 1. The second kappa shape index (κ2) is 12.7. The van der Waals surface area contributed by atoms with Gasteiger partial charge in [0.1, 0.15) is 5.75 Å². The molecule has 0 spiro atoms. The number of benzene rings is 5. The lowest BCUT2D eigenvalue weighted by Crippen LogP contribution is -2.16. The lowest BCUT2D eigenvalue weighted by molar-refractivity contribution is -0.274. The molecule has 0 aliphatic heterocycles. The fourth-order valence-electron chi connectivity index (χ4n) is 6.79. The molecular formula is C39H37F3O. The van der Waals surface area contributed by atoms with Crippen LogP contribution >= 0.6 is 0 Å². The molecule has 0 amide bonds. The zero-order valence-electron chi connectivity index (χ0n) is 24.5. The molecule has 4 heteroatoms. The Morgan fingerprint density at radius 1 is 0.651 bits per heavy atom. The van der Waals surface area contributed by atoms with Gasteiger partial charge < -0.3 is 4.74 Å². The zero-order valence-corrected chi connectivity index (χ0v) is 24.5. The van der Waals surface area contributed by atoms with Gasteiger partial charge in [-0.15, -0.1) is 13.2 Å². The minimum absolute atomic E-state index is 0.204. The standard InChI is InChI=1S/C39H37F3O/c1-2-27-13-15-30(16-14-27)34-24-35(21-28-9-5-3-6-10-28)38(36(25-34)22-29-11-7-4-8-12-29)33-18-17-32-26-37(43-39(40,41)42)20-19-31(32)23-33/h3-12,17-20,23-27,30H,2,13-16,21-22H2,1H3. The van der Waals surface area contributed by atoms with E-state index in [-0.39, 0.29) is 5.75 Å².